The van der Waals surface area contributed by atoms with Gasteiger partial charge in [-0.25, -0.2) is 4.68 Å². The molecule has 7 nitrogen and oxygen atoms in total. The number of hydrogen-bond acceptors (Lipinski definition) is 6. The van der Waals surface area contributed by atoms with Crippen LogP contribution in [0.25, 0.3) is 5.70 Å². The van der Waals surface area contributed by atoms with E-state index in [0.717, 1.165) is 33.7 Å². The number of ether oxygens (including phenoxy) is 3. The number of hydrogen-bond donors (Lipinski definition) is 1. The van der Waals surface area contributed by atoms with Gasteiger partial charge in [0.2, 0.25) is 5.95 Å². The second kappa shape index (κ2) is 8.11. The number of anilines is 1. The van der Waals surface area contributed by atoms with Gasteiger partial charge in [-0.05, 0) is 42.0 Å². The zero-order chi connectivity index (χ0) is 23.2. The number of nitrogens with one attached hydrogen (secondary N) is 1. The Balaban J connectivity index is 1.60. The molecule has 2 aliphatic rings. The van der Waals surface area contributed by atoms with Crippen LogP contribution in [0, 0.1) is 0 Å². The van der Waals surface area contributed by atoms with Gasteiger partial charge in [-0.2, -0.15) is 10.1 Å². The molecule has 6 rings (SSSR count). The van der Waals surface area contributed by atoms with Crippen molar-refractivity contribution < 1.29 is 14.2 Å². The molecule has 0 radical (unpaired) electrons. The molecule has 0 amide bonds. The van der Waals surface area contributed by atoms with E-state index in [0.29, 0.717) is 22.5 Å². The fraction of sp³-hybridized carbons (Fsp3) is 0.154. The Hall–Kier alpha value is -3.97. The lowest BCUT2D eigenvalue weighted by Crippen LogP contribution is -2.32. The number of para-hydroxylation sites is 1. The molecular formula is C26H21ClN4O3. The topological polar surface area (TPSA) is 70.4 Å². The van der Waals surface area contributed by atoms with Gasteiger partial charge in [0, 0.05) is 21.7 Å². The molecule has 3 heterocycles. The highest BCUT2D eigenvalue weighted by atomic mass is 35.5. The Bertz CT molecular complexity index is 1410. The highest BCUT2D eigenvalue weighted by Gasteiger charge is 2.41. The summed E-state index contributed by atoms with van der Waals surface area (Å²) in [6.07, 6.45) is 1.15. The number of rotatable bonds is 4. The minimum Gasteiger partial charge on any atom is -0.493 e. The lowest BCUT2D eigenvalue weighted by atomic mass is 9.84. The SMILES string of the molecule is COc1ccc([C@H]2Oc3ccccc3C3=C2[C@@H](c2ccc(Cl)cc2)n2ncnc2N3)cc1OC. The number of halogens is 1. The van der Waals surface area contributed by atoms with Crippen molar-refractivity contribution in [3.05, 3.63) is 100 Å². The van der Waals surface area contributed by atoms with Gasteiger partial charge < -0.3 is 19.5 Å². The lowest BCUT2D eigenvalue weighted by Gasteiger charge is -2.39. The summed E-state index contributed by atoms with van der Waals surface area (Å²) in [5.41, 5.74) is 4.92. The number of aromatic nitrogens is 3. The van der Waals surface area contributed by atoms with E-state index in [1.807, 2.05) is 71.4 Å². The van der Waals surface area contributed by atoms with E-state index < -0.39 is 6.10 Å². The van der Waals surface area contributed by atoms with E-state index >= 15 is 0 Å². The number of nitrogens with zero attached hydrogens (tertiary/aromatic N) is 3. The normalized spacial score (nSPS) is 18.2. The van der Waals surface area contributed by atoms with E-state index in [1.54, 1.807) is 20.5 Å². The van der Waals surface area contributed by atoms with Crippen molar-refractivity contribution in [1.82, 2.24) is 14.8 Å². The van der Waals surface area contributed by atoms with Crippen LogP contribution < -0.4 is 19.5 Å². The van der Waals surface area contributed by atoms with Gasteiger partial charge in [-0.1, -0.05) is 41.9 Å². The molecule has 2 atom stereocenters. The van der Waals surface area contributed by atoms with Crippen LogP contribution >= 0.6 is 11.6 Å². The van der Waals surface area contributed by atoms with Gasteiger partial charge in [0.05, 0.1) is 19.9 Å². The molecule has 0 unspecified atom stereocenters. The van der Waals surface area contributed by atoms with Crippen LogP contribution in [-0.2, 0) is 0 Å². The first-order valence-corrected chi connectivity index (χ1v) is 11.2. The Morgan fingerprint density at radius 2 is 1.71 bits per heavy atom. The van der Waals surface area contributed by atoms with Crippen LogP contribution in [0.1, 0.15) is 28.8 Å². The average molecular weight is 473 g/mol. The summed E-state index contributed by atoms with van der Waals surface area (Å²) in [7, 11) is 3.25. The maximum atomic E-state index is 6.65. The molecule has 0 bridgehead atoms. The van der Waals surface area contributed by atoms with Crippen LogP contribution in [-0.4, -0.2) is 29.0 Å². The second-order valence-electron chi connectivity index (χ2n) is 8.05. The molecule has 0 saturated carbocycles. The summed E-state index contributed by atoms with van der Waals surface area (Å²) in [6, 6.07) is 21.4. The largest absolute Gasteiger partial charge is 0.493 e. The minimum atomic E-state index is -0.407. The average Bonchev–Trinajstić information content (AvgIpc) is 3.35. The third-order valence-electron chi connectivity index (χ3n) is 6.22. The molecule has 2 aliphatic heterocycles. The molecule has 170 valence electrons. The first-order valence-electron chi connectivity index (χ1n) is 10.8. The van der Waals surface area contributed by atoms with Crippen LogP contribution in [0.2, 0.25) is 5.02 Å². The molecule has 0 saturated heterocycles. The smallest absolute Gasteiger partial charge is 0.226 e. The van der Waals surface area contributed by atoms with Crippen molar-refractivity contribution in [1.29, 1.82) is 0 Å². The van der Waals surface area contributed by atoms with Crippen molar-refractivity contribution in [2.24, 2.45) is 0 Å². The summed E-state index contributed by atoms with van der Waals surface area (Å²) in [4.78, 5) is 4.47. The number of fused-ring (bicyclic) bond motifs is 3. The third-order valence-corrected chi connectivity index (χ3v) is 6.47. The van der Waals surface area contributed by atoms with Crippen molar-refractivity contribution in [2.75, 3.05) is 19.5 Å². The highest BCUT2D eigenvalue weighted by Crippen LogP contribution is 2.51. The van der Waals surface area contributed by atoms with Crippen LogP contribution in [0.4, 0.5) is 5.95 Å². The third kappa shape index (κ3) is 3.20. The summed E-state index contributed by atoms with van der Waals surface area (Å²) >= 11 is 6.21. The molecule has 1 N–H and O–H groups in total. The predicted octanol–water partition coefficient (Wildman–Crippen LogP) is 5.51. The summed E-state index contributed by atoms with van der Waals surface area (Å²) < 4.78 is 19.6. The zero-order valence-electron chi connectivity index (χ0n) is 18.5. The second-order valence-corrected chi connectivity index (χ2v) is 8.48. The van der Waals surface area contributed by atoms with Crippen molar-refractivity contribution in [3.8, 4) is 17.2 Å². The summed E-state index contributed by atoms with van der Waals surface area (Å²) in [6.45, 7) is 0. The monoisotopic (exact) mass is 472 g/mol. The Labute approximate surface area is 201 Å². The predicted molar refractivity (Wildman–Crippen MR) is 130 cm³/mol. The molecule has 3 aromatic carbocycles. The van der Waals surface area contributed by atoms with Gasteiger partial charge in [0.25, 0.3) is 0 Å². The van der Waals surface area contributed by atoms with Crippen LogP contribution in [0.3, 0.4) is 0 Å². The fourth-order valence-electron chi connectivity index (χ4n) is 4.67. The number of benzene rings is 3. The molecule has 1 aromatic heterocycles. The van der Waals surface area contributed by atoms with Crippen LogP contribution in [0.15, 0.2) is 78.6 Å². The van der Waals surface area contributed by atoms with E-state index in [4.69, 9.17) is 25.8 Å². The van der Waals surface area contributed by atoms with Crippen molar-refractivity contribution in [3.63, 3.8) is 0 Å². The standard InChI is InChI=1S/C26H21ClN4O3/c1-32-20-12-9-16(13-21(20)33-2)25-22-23(18-5-3-4-6-19(18)34-25)30-26-28-14-29-31(26)24(22)15-7-10-17(27)11-8-15/h3-14,24-25H,1-2H3,(H,28,29,30)/t24-,25-/m1/s1. The Kier molecular flexibility index (Phi) is 4.92. The van der Waals surface area contributed by atoms with Gasteiger partial charge in [-0.15, -0.1) is 0 Å². The van der Waals surface area contributed by atoms with E-state index in [-0.39, 0.29) is 6.04 Å². The molecule has 0 spiro atoms. The quantitative estimate of drug-likeness (QED) is 0.422. The summed E-state index contributed by atoms with van der Waals surface area (Å²) in [5.74, 6) is 2.75. The molecule has 4 aromatic rings. The number of methoxy groups -OCH3 is 2. The van der Waals surface area contributed by atoms with Crippen molar-refractivity contribution in [2.45, 2.75) is 12.1 Å². The molecule has 34 heavy (non-hydrogen) atoms. The maximum Gasteiger partial charge on any atom is 0.226 e. The molecule has 0 fully saturated rings. The first kappa shape index (κ1) is 20.6. The van der Waals surface area contributed by atoms with E-state index in [2.05, 4.69) is 15.4 Å². The van der Waals surface area contributed by atoms with Gasteiger partial charge in [0.1, 0.15) is 24.2 Å². The van der Waals surface area contributed by atoms with E-state index in [9.17, 15) is 0 Å². The molecular weight excluding hydrogens is 452 g/mol. The maximum absolute atomic E-state index is 6.65. The van der Waals surface area contributed by atoms with Gasteiger partial charge in [-0.3, -0.25) is 0 Å². The highest BCUT2D eigenvalue weighted by molar-refractivity contribution is 6.30. The lowest BCUT2D eigenvalue weighted by molar-refractivity contribution is 0.222. The Morgan fingerprint density at radius 3 is 2.50 bits per heavy atom. The summed E-state index contributed by atoms with van der Waals surface area (Å²) in [5, 5.41) is 8.73. The van der Waals surface area contributed by atoms with Crippen molar-refractivity contribution >= 4 is 23.2 Å². The van der Waals surface area contributed by atoms with Crippen LogP contribution in [0.5, 0.6) is 17.2 Å². The Morgan fingerprint density at radius 1 is 0.941 bits per heavy atom. The zero-order valence-corrected chi connectivity index (χ0v) is 19.3. The molecule has 0 aliphatic carbocycles. The fourth-order valence-corrected chi connectivity index (χ4v) is 4.80. The first-order chi connectivity index (χ1) is 16.7. The van der Waals surface area contributed by atoms with Gasteiger partial charge in [0.15, 0.2) is 11.5 Å². The molecule has 8 heteroatoms. The minimum absolute atomic E-state index is 0.252. The van der Waals surface area contributed by atoms with E-state index in [1.165, 1.54) is 0 Å². The van der Waals surface area contributed by atoms with Gasteiger partial charge >= 0.3 is 0 Å².